The lowest BCUT2D eigenvalue weighted by molar-refractivity contribution is 0.255. The Kier molecular flexibility index (Phi) is 2.10. The smallest absolute Gasteiger partial charge is 0.164 e. The Morgan fingerprint density at radius 1 is 1.54 bits per heavy atom. The van der Waals surface area contributed by atoms with Crippen molar-refractivity contribution in [2.75, 3.05) is 13.2 Å². The van der Waals surface area contributed by atoms with Crippen LogP contribution in [0.25, 0.3) is 0 Å². The molecule has 0 aliphatic carbocycles. The predicted molar refractivity (Wildman–Crippen MR) is 50.0 cm³/mol. The topological polar surface area (TPSA) is 55.5 Å². The minimum atomic E-state index is 0.218. The molecule has 1 aromatic rings. The maximum atomic E-state index is 9.50. The zero-order chi connectivity index (χ0) is 9.26. The zero-order valence-corrected chi connectivity index (χ0v) is 7.36. The van der Waals surface area contributed by atoms with Crippen molar-refractivity contribution in [1.29, 1.82) is 0 Å². The third-order valence-electron chi connectivity index (χ3n) is 2.46. The second-order valence-corrected chi connectivity index (χ2v) is 3.27. The van der Waals surface area contributed by atoms with Crippen molar-refractivity contribution in [2.24, 2.45) is 5.73 Å². The maximum absolute atomic E-state index is 9.50. The van der Waals surface area contributed by atoms with Crippen LogP contribution in [0.4, 0.5) is 0 Å². The summed E-state index contributed by atoms with van der Waals surface area (Å²) in [5.41, 5.74) is 6.67. The normalized spacial score (nSPS) is 20.5. The molecule has 0 aromatic heterocycles. The Balaban J connectivity index is 2.45. The molecule has 3 N–H and O–H groups in total. The summed E-state index contributed by atoms with van der Waals surface area (Å²) in [6, 6.07) is 5.43. The van der Waals surface area contributed by atoms with E-state index in [9.17, 15) is 5.11 Å². The lowest BCUT2D eigenvalue weighted by atomic mass is 9.93. The van der Waals surface area contributed by atoms with E-state index in [1.165, 1.54) is 0 Å². The minimum absolute atomic E-state index is 0.218. The molecule has 1 atom stereocenters. The number of rotatable bonds is 1. The van der Waals surface area contributed by atoms with Crippen molar-refractivity contribution in [3.63, 3.8) is 0 Å². The fourth-order valence-corrected chi connectivity index (χ4v) is 1.72. The molecule has 3 nitrogen and oxygen atoms in total. The highest BCUT2D eigenvalue weighted by atomic mass is 16.5. The van der Waals surface area contributed by atoms with Gasteiger partial charge in [0.25, 0.3) is 0 Å². The molecule has 1 unspecified atom stereocenters. The first kappa shape index (κ1) is 8.38. The Bertz CT molecular complexity index is 312. The largest absolute Gasteiger partial charge is 0.504 e. The van der Waals surface area contributed by atoms with Crippen LogP contribution in [-0.4, -0.2) is 18.3 Å². The van der Waals surface area contributed by atoms with Gasteiger partial charge in [-0.3, -0.25) is 0 Å². The molecular formula is C10H13NO2. The van der Waals surface area contributed by atoms with Crippen molar-refractivity contribution in [3.8, 4) is 11.5 Å². The quantitative estimate of drug-likeness (QED) is 0.681. The van der Waals surface area contributed by atoms with Crippen molar-refractivity contribution in [1.82, 2.24) is 0 Å². The van der Waals surface area contributed by atoms with Gasteiger partial charge in [-0.05, 0) is 19.0 Å². The van der Waals surface area contributed by atoms with Gasteiger partial charge in [-0.1, -0.05) is 12.1 Å². The van der Waals surface area contributed by atoms with Crippen molar-refractivity contribution < 1.29 is 9.84 Å². The minimum Gasteiger partial charge on any atom is -0.504 e. The number of phenols is 1. The molecule has 1 aliphatic rings. The molecule has 0 spiro atoms. The van der Waals surface area contributed by atoms with Crippen LogP contribution in [0.5, 0.6) is 11.5 Å². The van der Waals surface area contributed by atoms with Gasteiger partial charge in [0.2, 0.25) is 0 Å². The third kappa shape index (κ3) is 1.35. The van der Waals surface area contributed by atoms with E-state index in [1.807, 2.05) is 12.1 Å². The summed E-state index contributed by atoms with van der Waals surface area (Å²) in [5, 5.41) is 9.50. The van der Waals surface area contributed by atoms with E-state index < -0.39 is 0 Å². The van der Waals surface area contributed by atoms with Crippen molar-refractivity contribution in [3.05, 3.63) is 23.8 Å². The van der Waals surface area contributed by atoms with Crippen molar-refractivity contribution >= 4 is 0 Å². The summed E-state index contributed by atoms with van der Waals surface area (Å²) in [5.74, 6) is 1.16. The first-order valence-corrected chi connectivity index (χ1v) is 4.47. The molecule has 0 amide bonds. The molecule has 0 saturated carbocycles. The lowest BCUT2D eigenvalue weighted by Gasteiger charge is -2.25. The Labute approximate surface area is 77.1 Å². The van der Waals surface area contributed by atoms with Gasteiger partial charge in [0.05, 0.1) is 6.61 Å². The Hall–Kier alpha value is -1.22. The summed E-state index contributed by atoms with van der Waals surface area (Å²) in [6.45, 7) is 1.26. The molecule has 0 fully saturated rings. The van der Waals surface area contributed by atoms with Gasteiger partial charge in [-0.25, -0.2) is 0 Å². The molecule has 1 aromatic carbocycles. The Morgan fingerprint density at radius 2 is 2.38 bits per heavy atom. The number of ether oxygens (including phenoxy) is 1. The summed E-state index contributed by atoms with van der Waals surface area (Å²) >= 11 is 0. The van der Waals surface area contributed by atoms with E-state index >= 15 is 0 Å². The van der Waals surface area contributed by atoms with E-state index in [1.54, 1.807) is 6.07 Å². The molecule has 0 saturated heterocycles. The van der Waals surface area contributed by atoms with Crippen LogP contribution >= 0.6 is 0 Å². The van der Waals surface area contributed by atoms with Crippen LogP contribution in [0.3, 0.4) is 0 Å². The van der Waals surface area contributed by atoms with Crippen molar-refractivity contribution in [2.45, 2.75) is 12.3 Å². The molecule has 70 valence electrons. The number of para-hydroxylation sites is 1. The summed E-state index contributed by atoms with van der Waals surface area (Å²) in [4.78, 5) is 0. The van der Waals surface area contributed by atoms with Crippen LogP contribution in [0.1, 0.15) is 17.9 Å². The van der Waals surface area contributed by atoms with Crippen LogP contribution in [0.15, 0.2) is 18.2 Å². The fourth-order valence-electron chi connectivity index (χ4n) is 1.72. The van der Waals surface area contributed by atoms with Crippen LogP contribution in [0, 0.1) is 0 Å². The third-order valence-corrected chi connectivity index (χ3v) is 2.46. The van der Waals surface area contributed by atoms with Crippen LogP contribution in [-0.2, 0) is 0 Å². The maximum Gasteiger partial charge on any atom is 0.164 e. The van der Waals surface area contributed by atoms with E-state index in [0.29, 0.717) is 24.8 Å². The lowest BCUT2D eigenvalue weighted by Crippen LogP contribution is -2.20. The average Bonchev–Trinajstić information content (AvgIpc) is 2.18. The molecule has 1 aliphatic heterocycles. The van der Waals surface area contributed by atoms with E-state index in [0.717, 1.165) is 12.0 Å². The number of hydrogen-bond acceptors (Lipinski definition) is 3. The van der Waals surface area contributed by atoms with Gasteiger partial charge in [0.15, 0.2) is 11.5 Å². The van der Waals surface area contributed by atoms with Gasteiger partial charge in [0.1, 0.15) is 0 Å². The molecular weight excluding hydrogens is 166 g/mol. The monoisotopic (exact) mass is 179 g/mol. The number of nitrogens with two attached hydrogens (primary N) is 1. The SMILES string of the molecule is NCC1CCOc2c(O)cccc21. The number of hydrogen-bond donors (Lipinski definition) is 2. The van der Waals surface area contributed by atoms with Crippen LogP contribution in [0.2, 0.25) is 0 Å². The first-order chi connectivity index (χ1) is 6.33. The molecule has 1 heterocycles. The Morgan fingerprint density at radius 3 is 3.15 bits per heavy atom. The highest BCUT2D eigenvalue weighted by molar-refractivity contribution is 5.48. The number of benzene rings is 1. The fraction of sp³-hybridized carbons (Fsp3) is 0.400. The number of phenolic OH excluding ortho intramolecular Hbond substituents is 1. The number of aromatic hydroxyl groups is 1. The highest BCUT2D eigenvalue weighted by Gasteiger charge is 2.22. The van der Waals surface area contributed by atoms with Gasteiger partial charge in [-0.2, -0.15) is 0 Å². The second kappa shape index (κ2) is 3.26. The predicted octanol–water partition coefficient (Wildman–Crippen LogP) is 1.22. The average molecular weight is 179 g/mol. The standard InChI is InChI=1S/C10H13NO2/c11-6-7-4-5-13-10-8(7)2-1-3-9(10)12/h1-3,7,12H,4-6,11H2. The highest BCUT2D eigenvalue weighted by Crippen LogP contribution is 2.38. The second-order valence-electron chi connectivity index (χ2n) is 3.27. The van der Waals surface area contributed by atoms with Gasteiger partial charge >= 0.3 is 0 Å². The molecule has 0 radical (unpaired) electrons. The summed E-state index contributed by atoms with van der Waals surface area (Å²) < 4.78 is 5.38. The number of fused-ring (bicyclic) bond motifs is 1. The van der Waals surface area contributed by atoms with E-state index in [2.05, 4.69) is 0 Å². The van der Waals surface area contributed by atoms with Gasteiger partial charge in [0, 0.05) is 11.5 Å². The van der Waals surface area contributed by atoms with Crippen LogP contribution < -0.4 is 10.5 Å². The van der Waals surface area contributed by atoms with E-state index in [4.69, 9.17) is 10.5 Å². The summed E-state index contributed by atoms with van der Waals surface area (Å²) in [7, 11) is 0. The summed E-state index contributed by atoms with van der Waals surface area (Å²) in [6.07, 6.45) is 0.937. The molecule has 0 bridgehead atoms. The molecule has 3 heteroatoms. The van der Waals surface area contributed by atoms with Gasteiger partial charge in [-0.15, -0.1) is 0 Å². The van der Waals surface area contributed by atoms with E-state index in [-0.39, 0.29) is 5.75 Å². The molecule has 2 rings (SSSR count). The zero-order valence-electron chi connectivity index (χ0n) is 7.36. The molecule has 13 heavy (non-hydrogen) atoms. The van der Waals surface area contributed by atoms with Gasteiger partial charge < -0.3 is 15.6 Å². The first-order valence-electron chi connectivity index (χ1n) is 4.47.